The average molecular weight is 431 g/mol. The Morgan fingerprint density at radius 1 is 1.27 bits per heavy atom. The zero-order valence-electron chi connectivity index (χ0n) is 13.7. The first-order chi connectivity index (χ1) is 12.7. The monoisotopic (exact) mass is 429 g/mol. The molecule has 130 valence electrons. The maximum Gasteiger partial charge on any atom is 0.168 e. The summed E-state index contributed by atoms with van der Waals surface area (Å²) in [7, 11) is 1.63. The van der Waals surface area contributed by atoms with E-state index in [1.807, 2.05) is 40.8 Å². The van der Waals surface area contributed by atoms with Gasteiger partial charge >= 0.3 is 0 Å². The van der Waals surface area contributed by atoms with Gasteiger partial charge in [-0.05, 0) is 42.5 Å². The number of aliphatic imine (C=N–C) groups is 1. The zero-order valence-corrected chi connectivity index (χ0v) is 16.0. The van der Waals surface area contributed by atoms with Gasteiger partial charge < -0.3 is 9.15 Å². The van der Waals surface area contributed by atoms with Gasteiger partial charge in [0.05, 0.1) is 18.4 Å². The lowest BCUT2D eigenvalue weighted by Gasteiger charge is -2.05. The SMILES string of the molecule is COc1ccc(Br)cc1/C=N/c1c(-c2ccco2)nc2ccc(Cl)cn12. The number of hydrogen-bond donors (Lipinski definition) is 0. The molecule has 4 rings (SSSR count). The van der Waals surface area contributed by atoms with Gasteiger partial charge in [0, 0.05) is 22.4 Å². The molecule has 0 atom stereocenters. The molecule has 3 aromatic heterocycles. The van der Waals surface area contributed by atoms with Gasteiger partial charge in [0.25, 0.3) is 0 Å². The Labute approximate surface area is 163 Å². The largest absolute Gasteiger partial charge is 0.496 e. The lowest BCUT2D eigenvalue weighted by Crippen LogP contribution is -1.91. The molecule has 0 unspecified atom stereocenters. The fourth-order valence-electron chi connectivity index (χ4n) is 2.65. The summed E-state index contributed by atoms with van der Waals surface area (Å²) in [6.45, 7) is 0. The first-order valence-corrected chi connectivity index (χ1v) is 8.92. The van der Waals surface area contributed by atoms with E-state index in [0.29, 0.717) is 22.3 Å². The zero-order chi connectivity index (χ0) is 18.1. The standard InChI is InChI=1S/C19H13BrClN3O2/c1-25-15-6-4-13(20)9-12(15)10-22-19-18(16-3-2-8-26-16)23-17-7-5-14(21)11-24(17)19/h2-11H,1H3/b22-10+. The average Bonchev–Trinajstić information content (AvgIpc) is 3.27. The minimum absolute atomic E-state index is 0.595. The summed E-state index contributed by atoms with van der Waals surface area (Å²) in [6, 6.07) is 13.0. The molecule has 4 aromatic rings. The molecule has 0 N–H and O–H groups in total. The molecule has 0 amide bonds. The van der Waals surface area contributed by atoms with Crippen LogP contribution in [0.15, 0.2) is 68.8 Å². The predicted molar refractivity (Wildman–Crippen MR) is 106 cm³/mol. The van der Waals surface area contributed by atoms with Crippen molar-refractivity contribution in [3.8, 4) is 17.2 Å². The molecule has 5 nitrogen and oxygen atoms in total. The van der Waals surface area contributed by atoms with Crippen LogP contribution in [0.1, 0.15) is 5.56 Å². The van der Waals surface area contributed by atoms with Gasteiger partial charge in [-0.3, -0.25) is 4.40 Å². The first kappa shape index (κ1) is 16.9. The van der Waals surface area contributed by atoms with Gasteiger partial charge in [-0.2, -0.15) is 0 Å². The number of aromatic nitrogens is 2. The van der Waals surface area contributed by atoms with Gasteiger partial charge in [0.15, 0.2) is 17.3 Å². The number of nitrogens with zero attached hydrogens (tertiary/aromatic N) is 3. The van der Waals surface area contributed by atoms with Crippen LogP contribution in [0, 0.1) is 0 Å². The van der Waals surface area contributed by atoms with E-state index in [1.54, 1.807) is 31.9 Å². The van der Waals surface area contributed by atoms with Crippen LogP contribution in [0.5, 0.6) is 5.75 Å². The van der Waals surface area contributed by atoms with Crippen molar-refractivity contribution in [1.82, 2.24) is 9.38 Å². The van der Waals surface area contributed by atoms with Gasteiger partial charge in [-0.25, -0.2) is 9.98 Å². The minimum Gasteiger partial charge on any atom is -0.496 e. The quantitative estimate of drug-likeness (QED) is 0.386. The normalized spacial score (nSPS) is 11.5. The van der Waals surface area contributed by atoms with Crippen molar-refractivity contribution in [1.29, 1.82) is 0 Å². The molecule has 0 bridgehead atoms. The van der Waals surface area contributed by atoms with E-state index in [1.165, 1.54) is 0 Å². The Morgan fingerprint density at radius 3 is 2.92 bits per heavy atom. The highest BCUT2D eigenvalue weighted by Crippen LogP contribution is 2.32. The highest BCUT2D eigenvalue weighted by molar-refractivity contribution is 9.10. The maximum atomic E-state index is 6.16. The van der Waals surface area contributed by atoms with Gasteiger partial charge in [-0.15, -0.1) is 0 Å². The molecular weight excluding hydrogens is 418 g/mol. The molecule has 1 aromatic carbocycles. The molecule has 7 heteroatoms. The Hall–Kier alpha value is -2.57. The van der Waals surface area contributed by atoms with Crippen molar-refractivity contribution in [2.45, 2.75) is 0 Å². The second-order valence-electron chi connectivity index (χ2n) is 5.48. The van der Waals surface area contributed by atoms with Gasteiger partial charge in [0.2, 0.25) is 0 Å². The van der Waals surface area contributed by atoms with E-state index >= 15 is 0 Å². The number of methoxy groups -OCH3 is 1. The number of rotatable bonds is 4. The molecule has 26 heavy (non-hydrogen) atoms. The summed E-state index contributed by atoms with van der Waals surface area (Å²) in [6.07, 6.45) is 5.12. The predicted octanol–water partition coefficient (Wildman–Crippen LogP) is 5.77. The van der Waals surface area contributed by atoms with Crippen molar-refractivity contribution >= 4 is 45.2 Å². The van der Waals surface area contributed by atoms with E-state index in [4.69, 9.17) is 20.8 Å². The number of imidazole rings is 1. The second-order valence-corrected chi connectivity index (χ2v) is 6.83. The fraction of sp³-hybridized carbons (Fsp3) is 0.0526. The number of furan rings is 1. The van der Waals surface area contributed by atoms with E-state index in [0.717, 1.165) is 21.4 Å². The lowest BCUT2D eigenvalue weighted by molar-refractivity contribution is 0.414. The van der Waals surface area contributed by atoms with Crippen LogP contribution in [-0.4, -0.2) is 22.7 Å². The smallest absolute Gasteiger partial charge is 0.168 e. The van der Waals surface area contributed by atoms with Crippen LogP contribution < -0.4 is 4.74 Å². The third-order valence-electron chi connectivity index (χ3n) is 3.83. The van der Waals surface area contributed by atoms with Gasteiger partial charge in [0.1, 0.15) is 11.4 Å². The highest BCUT2D eigenvalue weighted by Gasteiger charge is 2.16. The van der Waals surface area contributed by atoms with Crippen LogP contribution in [-0.2, 0) is 0 Å². The molecular formula is C19H13BrClN3O2. The van der Waals surface area contributed by atoms with Crippen LogP contribution in [0.4, 0.5) is 5.82 Å². The molecule has 0 spiro atoms. The number of halogens is 2. The molecule has 0 saturated heterocycles. The first-order valence-electron chi connectivity index (χ1n) is 7.75. The third kappa shape index (κ3) is 3.13. The fourth-order valence-corrected chi connectivity index (χ4v) is 3.18. The highest BCUT2D eigenvalue weighted by atomic mass is 79.9. The molecule has 3 heterocycles. The van der Waals surface area contributed by atoms with Gasteiger partial charge in [-0.1, -0.05) is 27.5 Å². The summed E-state index contributed by atoms with van der Waals surface area (Å²) >= 11 is 9.63. The lowest BCUT2D eigenvalue weighted by atomic mass is 10.2. The third-order valence-corrected chi connectivity index (χ3v) is 4.55. The van der Waals surface area contributed by atoms with Crippen molar-refractivity contribution in [2.24, 2.45) is 4.99 Å². The molecule has 0 aliphatic carbocycles. The van der Waals surface area contributed by atoms with Crippen LogP contribution in [0.25, 0.3) is 17.1 Å². The second kappa shape index (κ2) is 6.97. The molecule has 0 saturated carbocycles. The summed E-state index contributed by atoms with van der Waals surface area (Å²) in [5, 5.41) is 0.595. The Morgan fingerprint density at radius 2 is 2.15 bits per heavy atom. The van der Waals surface area contributed by atoms with E-state index in [-0.39, 0.29) is 0 Å². The van der Waals surface area contributed by atoms with Crippen LogP contribution in [0.3, 0.4) is 0 Å². The summed E-state index contributed by atoms with van der Waals surface area (Å²) < 4.78 is 13.7. The number of hydrogen-bond acceptors (Lipinski definition) is 4. The Balaban J connectivity index is 1.89. The van der Waals surface area contributed by atoms with Crippen molar-refractivity contribution in [3.63, 3.8) is 0 Å². The molecule has 0 aliphatic rings. The summed E-state index contributed by atoms with van der Waals surface area (Å²) in [4.78, 5) is 9.29. The number of benzene rings is 1. The summed E-state index contributed by atoms with van der Waals surface area (Å²) in [5.41, 5.74) is 2.21. The van der Waals surface area contributed by atoms with Crippen molar-refractivity contribution in [2.75, 3.05) is 7.11 Å². The topological polar surface area (TPSA) is 52.0 Å². The molecule has 0 aliphatic heterocycles. The Bertz CT molecular complexity index is 1100. The van der Waals surface area contributed by atoms with Crippen molar-refractivity contribution in [3.05, 3.63) is 70.0 Å². The minimum atomic E-state index is 0.595. The molecule has 0 radical (unpaired) electrons. The van der Waals surface area contributed by atoms with E-state index in [9.17, 15) is 0 Å². The number of ether oxygens (including phenoxy) is 1. The Kier molecular flexibility index (Phi) is 4.53. The maximum absolute atomic E-state index is 6.16. The van der Waals surface area contributed by atoms with E-state index < -0.39 is 0 Å². The number of pyridine rings is 1. The van der Waals surface area contributed by atoms with Crippen molar-refractivity contribution < 1.29 is 9.15 Å². The van der Waals surface area contributed by atoms with Crippen LogP contribution >= 0.6 is 27.5 Å². The molecule has 0 fully saturated rings. The van der Waals surface area contributed by atoms with Crippen LogP contribution in [0.2, 0.25) is 5.02 Å². The van der Waals surface area contributed by atoms with E-state index in [2.05, 4.69) is 25.9 Å². The number of fused-ring (bicyclic) bond motifs is 1. The summed E-state index contributed by atoms with van der Waals surface area (Å²) in [5.74, 6) is 1.99.